The van der Waals surface area contributed by atoms with E-state index in [-0.39, 0.29) is 17.9 Å². The molecule has 0 heterocycles. The molecule has 1 amide bonds. The molecule has 3 heteroatoms. The van der Waals surface area contributed by atoms with Crippen molar-refractivity contribution in [3.63, 3.8) is 0 Å². The summed E-state index contributed by atoms with van der Waals surface area (Å²) in [6.45, 7) is 4.74. The van der Waals surface area contributed by atoms with Crippen LogP contribution in [0.25, 0.3) is 0 Å². The second-order valence-corrected chi connectivity index (χ2v) is 5.00. The third-order valence-electron chi connectivity index (χ3n) is 3.35. The van der Waals surface area contributed by atoms with Crippen molar-refractivity contribution in [3.8, 4) is 0 Å². The zero-order valence-corrected chi connectivity index (χ0v) is 9.96. The van der Waals surface area contributed by atoms with Gasteiger partial charge in [-0.3, -0.25) is 4.79 Å². The highest BCUT2D eigenvalue weighted by Gasteiger charge is 2.18. The van der Waals surface area contributed by atoms with Crippen LogP contribution in [0.5, 0.6) is 0 Å². The van der Waals surface area contributed by atoms with Crippen LogP contribution < -0.4 is 11.1 Å². The maximum atomic E-state index is 11.5. The summed E-state index contributed by atoms with van der Waals surface area (Å²) in [5, 5.41) is 2.93. The maximum absolute atomic E-state index is 11.5. The molecule has 0 saturated heterocycles. The summed E-state index contributed by atoms with van der Waals surface area (Å²) in [5.41, 5.74) is 5.74. The molecule has 0 aromatic heterocycles. The van der Waals surface area contributed by atoms with Gasteiger partial charge >= 0.3 is 0 Å². The van der Waals surface area contributed by atoms with Crippen LogP contribution in [-0.4, -0.2) is 18.5 Å². The van der Waals surface area contributed by atoms with E-state index in [1.807, 2.05) is 13.8 Å². The van der Waals surface area contributed by atoms with E-state index in [4.69, 9.17) is 5.73 Å². The molecule has 1 fully saturated rings. The Labute approximate surface area is 92.8 Å². The summed E-state index contributed by atoms with van der Waals surface area (Å²) in [5.74, 6) is 1.06. The lowest BCUT2D eigenvalue weighted by atomic mass is 10.0. The van der Waals surface area contributed by atoms with Gasteiger partial charge in [0.1, 0.15) is 0 Å². The second-order valence-electron chi connectivity index (χ2n) is 5.00. The number of nitrogens with one attached hydrogen (secondary N) is 1. The average molecular weight is 212 g/mol. The van der Waals surface area contributed by atoms with E-state index in [1.54, 1.807) is 0 Å². The lowest BCUT2D eigenvalue weighted by Crippen LogP contribution is -2.44. The lowest BCUT2D eigenvalue weighted by molar-refractivity contribution is -0.123. The Morgan fingerprint density at radius 3 is 2.53 bits per heavy atom. The molecule has 0 aromatic rings. The van der Waals surface area contributed by atoms with Gasteiger partial charge in [0.15, 0.2) is 0 Å². The van der Waals surface area contributed by atoms with E-state index >= 15 is 0 Å². The zero-order valence-electron chi connectivity index (χ0n) is 9.96. The number of carbonyl (C=O) groups excluding carboxylic acids is 1. The van der Waals surface area contributed by atoms with Crippen LogP contribution in [0.1, 0.15) is 46.0 Å². The molecule has 0 radical (unpaired) electrons. The van der Waals surface area contributed by atoms with Gasteiger partial charge in [0.05, 0.1) is 6.04 Å². The van der Waals surface area contributed by atoms with Crippen molar-refractivity contribution < 1.29 is 4.79 Å². The molecule has 0 aromatic carbocycles. The van der Waals surface area contributed by atoms with Crippen molar-refractivity contribution in [2.75, 3.05) is 6.54 Å². The first-order valence-corrected chi connectivity index (χ1v) is 6.14. The maximum Gasteiger partial charge on any atom is 0.237 e. The van der Waals surface area contributed by atoms with Crippen LogP contribution in [0, 0.1) is 11.8 Å². The van der Waals surface area contributed by atoms with Crippen LogP contribution in [0.2, 0.25) is 0 Å². The van der Waals surface area contributed by atoms with Crippen LogP contribution in [0.3, 0.4) is 0 Å². The molecular weight excluding hydrogens is 188 g/mol. The SMILES string of the molecule is CC(C)[C@@H](N)C(=O)NCCC1CCCC1. The molecular formula is C12H24N2O. The second kappa shape index (κ2) is 6.11. The van der Waals surface area contributed by atoms with Gasteiger partial charge in [-0.2, -0.15) is 0 Å². The summed E-state index contributed by atoms with van der Waals surface area (Å²) < 4.78 is 0. The number of rotatable bonds is 5. The Balaban J connectivity index is 2.11. The Morgan fingerprint density at radius 2 is 2.00 bits per heavy atom. The molecule has 1 aliphatic carbocycles. The topological polar surface area (TPSA) is 55.1 Å². The van der Waals surface area contributed by atoms with Crippen molar-refractivity contribution in [1.29, 1.82) is 0 Å². The first kappa shape index (κ1) is 12.5. The third kappa shape index (κ3) is 4.20. The lowest BCUT2D eigenvalue weighted by Gasteiger charge is -2.16. The van der Waals surface area contributed by atoms with E-state index in [9.17, 15) is 4.79 Å². The van der Waals surface area contributed by atoms with Gasteiger partial charge in [-0.25, -0.2) is 0 Å². The highest BCUT2D eigenvalue weighted by atomic mass is 16.2. The van der Waals surface area contributed by atoms with Crippen molar-refractivity contribution in [1.82, 2.24) is 5.32 Å². The Bertz CT molecular complexity index is 198. The van der Waals surface area contributed by atoms with E-state index in [0.717, 1.165) is 18.9 Å². The van der Waals surface area contributed by atoms with E-state index < -0.39 is 0 Å². The molecule has 1 atom stereocenters. The standard InChI is InChI=1S/C12H24N2O/c1-9(2)11(13)12(15)14-8-7-10-5-3-4-6-10/h9-11H,3-8,13H2,1-2H3,(H,14,15)/t11-/m1/s1. The number of amides is 1. The van der Waals surface area contributed by atoms with Gasteiger partial charge in [0.25, 0.3) is 0 Å². The smallest absolute Gasteiger partial charge is 0.237 e. The fourth-order valence-electron chi connectivity index (χ4n) is 2.12. The average Bonchev–Trinajstić information content (AvgIpc) is 2.69. The van der Waals surface area contributed by atoms with Gasteiger partial charge in [-0.05, 0) is 18.3 Å². The molecule has 1 rings (SSSR count). The third-order valence-corrected chi connectivity index (χ3v) is 3.35. The first-order valence-electron chi connectivity index (χ1n) is 6.14. The van der Waals surface area contributed by atoms with Crippen LogP contribution in [0.4, 0.5) is 0 Å². The quantitative estimate of drug-likeness (QED) is 0.728. The summed E-state index contributed by atoms with van der Waals surface area (Å²) in [6.07, 6.45) is 6.53. The largest absolute Gasteiger partial charge is 0.355 e. The number of carbonyl (C=O) groups is 1. The minimum atomic E-state index is -0.353. The van der Waals surface area contributed by atoms with Crippen molar-refractivity contribution in [2.45, 2.75) is 52.0 Å². The molecule has 15 heavy (non-hydrogen) atoms. The Morgan fingerprint density at radius 1 is 1.40 bits per heavy atom. The molecule has 1 saturated carbocycles. The molecule has 3 nitrogen and oxygen atoms in total. The summed E-state index contributed by atoms with van der Waals surface area (Å²) in [7, 11) is 0. The predicted octanol–water partition coefficient (Wildman–Crippen LogP) is 1.67. The monoisotopic (exact) mass is 212 g/mol. The van der Waals surface area contributed by atoms with E-state index in [0.29, 0.717) is 0 Å². The minimum Gasteiger partial charge on any atom is -0.355 e. The fourth-order valence-corrected chi connectivity index (χ4v) is 2.12. The summed E-state index contributed by atoms with van der Waals surface area (Å²) >= 11 is 0. The molecule has 0 aliphatic heterocycles. The first-order chi connectivity index (χ1) is 7.11. The van der Waals surface area contributed by atoms with Gasteiger partial charge in [0.2, 0.25) is 5.91 Å². The van der Waals surface area contributed by atoms with Crippen LogP contribution in [0.15, 0.2) is 0 Å². The van der Waals surface area contributed by atoms with Gasteiger partial charge < -0.3 is 11.1 Å². The van der Waals surface area contributed by atoms with Crippen molar-refractivity contribution in [3.05, 3.63) is 0 Å². The normalized spacial score (nSPS) is 19.5. The predicted molar refractivity (Wildman–Crippen MR) is 62.4 cm³/mol. The molecule has 0 bridgehead atoms. The summed E-state index contributed by atoms with van der Waals surface area (Å²) in [4.78, 5) is 11.5. The molecule has 0 unspecified atom stereocenters. The molecule has 3 N–H and O–H groups in total. The number of hydrogen-bond donors (Lipinski definition) is 2. The number of hydrogen-bond acceptors (Lipinski definition) is 2. The van der Waals surface area contributed by atoms with E-state index in [2.05, 4.69) is 5.32 Å². The molecule has 88 valence electrons. The highest BCUT2D eigenvalue weighted by molar-refractivity contribution is 5.81. The fraction of sp³-hybridized carbons (Fsp3) is 0.917. The van der Waals surface area contributed by atoms with E-state index in [1.165, 1.54) is 25.7 Å². The minimum absolute atomic E-state index is 0.00277. The van der Waals surface area contributed by atoms with Crippen LogP contribution >= 0.6 is 0 Å². The number of nitrogens with two attached hydrogens (primary N) is 1. The molecule has 1 aliphatic rings. The molecule has 0 spiro atoms. The van der Waals surface area contributed by atoms with Crippen molar-refractivity contribution >= 4 is 5.91 Å². The highest BCUT2D eigenvalue weighted by Crippen LogP contribution is 2.26. The van der Waals surface area contributed by atoms with Gasteiger partial charge in [0, 0.05) is 6.54 Å². The Kier molecular flexibility index (Phi) is 5.09. The summed E-state index contributed by atoms with van der Waals surface area (Å²) in [6, 6.07) is -0.353. The zero-order chi connectivity index (χ0) is 11.3. The Hall–Kier alpha value is -0.570. The van der Waals surface area contributed by atoms with Crippen LogP contribution in [-0.2, 0) is 4.79 Å². The van der Waals surface area contributed by atoms with Gasteiger partial charge in [-0.1, -0.05) is 39.5 Å². The van der Waals surface area contributed by atoms with Crippen molar-refractivity contribution in [2.24, 2.45) is 17.6 Å². The van der Waals surface area contributed by atoms with Gasteiger partial charge in [-0.15, -0.1) is 0 Å².